The van der Waals surface area contributed by atoms with E-state index in [2.05, 4.69) is 21.2 Å². The smallest absolute Gasteiger partial charge is 0.261 e. The van der Waals surface area contributed by atoms with Crippen molar-refractivity contribution in [2.24, 2.45) is 0 Å². The maximum Gasteiger partial charge on any atom is 0.261 e. The van der Waals surface area contributed by atoms with Gasteiger partial charge in [-0.3, -0.25) is 9.59 Å². The van der Waals surface area contributed by atoms with Gasteiger partial charge in [-0.15, -0.1) is 0 Å². The highest BCUT2D eigenvalue weighted by molar-refractivity contribution is 9.10. The van der Waals surface area contributed by atoms with E-state index in [9.17, 15) is 9.59 Å². The van der Waals surface area contributed by atoms with Gasteiger partial charge < -0.3 is 15.0 Å². The third kappa shape index (κ3) is 8.08. The zero-order valence-corrected chi connectivity index (χ0v) is 24.0. The highest BCUT2D eigenvalue weighted by Gasteiger charge is 2.32. The Morgan fingerprint density at radius 3 is 2.45 bits per heavy atom. The summed E-state index contributed by atoms with van der Waals surface area (Å²) >= 11 is 9.76. The van der Waals surface area contributed by atoms with E-state index in [4.69, 9.17) is 16.3 Å². The van der Waals surface area contributed by atoms with Gasteiger partial charge in [0.15, 0.2) is 6.61 Å². The van der Waals surface area contributed by atoms with Gasteiger partial charge in [0.25, 0.3) is 5.91 Å². The summed E-state index contributed by atoms with van der Waals surface area (Å²) in [6.45, 7) is 2.04. The lowest BCUT2D eigenvalue weighted by molar-refractivity contribution is -0.143. The number of carbonyl (C=O) groups is 2. The van der Waals surface area contributed by atoms with E-state index in [-0.39, 0.29) is 31.0 Å². The summed E-state index contributed by atoms with van der Waals surface area (Å²) in [5.74, 6) is 0.217. The highest BCUT2D eigenvalue weighted by atomic mass is 79.9. The topological polar surface area (TPSA) is 58.6 Å². The zero-order chi connectivity index (χ0) is 26.9. The summed E-state index contributed by atoms with van der Waals surface area (Å²) in [5, 5.41) is 3.84. The number of halogens is 2. The number of hydrogen-bond donors (Lipinski definition) is 1. The summed E-state index contributed by atoms with van der Waals surface area (Å²) in [6.07, 6.45) is 5.77. The number of carbonyl (C=O) groups excluding carboxylic acids is 2. The third-order valence-corrected chi connectivity index (χ3v) is 8.08. The standard InChI is InChI=1S/C31H34BrClN2O3/c1-22-17-27(15-16-28(22)32)38-21-30(36)35(20-24-11-8-12-25(33)18-24)29(19-23-9-4-2-5-10-23)31(37)34-26-13-6-3-7-14-26/h2,4-5,8-12,15-18,26,29H,3,6-7,13-14,19-21H2,1H3,(H,34,37)/t29-/m0/s1. The second-order valence-electron chi connectivity index (χ2n) is 9.90. The molecule has 1 saturated carbocycles. The molecule has 4 rings (SSSR count). The number of rotatable bonds is 10. The Labute approximate surface area is 238 Å². The summed E-state index contributed by atoms with van der Waals surface area (Å²) in [6, 6.07) is 22.3. The number of aryl methyl sites for hydroxylation is 1. The lowest BCUT2D eigenvalue weighted by Gasteiger charge is -2.33. The van der Waals surface area contributed by atoms with Crippen LogP contribution in [0, 0.1) is 6.92 Å². The van der Waals surface area contributed by atoms with Gasteiger partial charge in [-0.05, 0) is 66.8 Å². The normalized spacial score (nSPS) is 14.5. The molecule has 1 aliphatic carbocycles. The minimum Gasteiger partial charge on any atom is -0.484 e. The lowest BCUT2D eigenvalue weighted by atomic mass is 9.94. The molecule has 0 bridgehead atoms. The zero-order valence-electron chi connectivity index (χ0n) is 21.7. The molecule has 0 aromatic heterocycles. The first-order valence-electron chi connectivity index (χ1n) is 13.2. The molecular weight excluding hydrogens is 564 g/mol. The van der Waals surface area contributed by atoms with Gasteiger partial charge in [-0.2, -0.15) is 0 Å². The van der Waals surface area contributed by atoms with Gasteiger partial charge in [-0.25, -0.2) is 0 Å². The Balaban J connectivity index is 1.61. The fourth-order valence-corrected chi connectivity index (χ4v) is 5.32. The number of hydrogen-bond acceptors (Lipinski definition) is 3. The average Bonchev–Trinajstić information content (AvgIpc) is 2.92. The molecule has 38 heavy (non-hydrogen) atoms. The first-order chi connectivity index (χ1) is 18.4. The Morgan fingerprint density at radius 2 is 1.74 bits per heavy atom. The molecule has 1 aliphatic rings. The van der Waals surface area contributed by atoms with Gasteiger partial charge in [-0.1, -0.05) is 89.3 Å². The minimum atomic E-state index is -0.693. The van der Waals surface area contributed by atoms with Crippen LogP contribution in [-0.2, 0) is 22.6 Å². The largest absolute Gasteiger partial charge is 0.484 e. The van der Waals surface area contributed by atoms with Crippen molar-refractivity contribution in [2.45, 2.75) is 64.1 Å². The molecule has 3 aromatic carbocycles. The van der Waals surface area contributed by atoms with Crippen LogP contribution in [0.2, 0.25) is 5.02 Å². The van der Waals surface area contributed by atoms with Crippen molar-refractivity contribution >= 4 is 39.3 Å². The van der Waals surface area contributed by atoms with Gasteiger partial charge in [0.1, 0.15) is 11.8 Å². The van der Waals surface area contributed by atoms with Crippen LogP contribution in [-0.4, -0.2) is 35.4 Å². The number of ether oxygens (including phenoxy) is 1. The number of nitrogens with zero attached hydrogens (tertiary/aromatic N) is 1. The number of benzene rings is 3. The van der Waals surface area contributed by atoms with Crippen molar-refractivity contribution < 1.29 is 14.3 Å². The van der Waals surface area contributed by atoms with Crippen LogP contribution in [0.4, 0.5) is 0 Å². The second-order valence-corrected chi connectivity index (χ2v) is 11.2. The SMILES string of the molecule is Cc1cc(OCC(=O)N(Cc2cccc(Cl)c2)[C@@H](Cc2ccccc2)C(=O)NC2CCCCC2)ccc1Br. The van der Waals surface area contributed by atoms with Crippen molar-refractivity contribution in [1.82, 2.24) is 10.2 Å². The molecule has 0 heterocycles. The highest BCUT2D eigenvalue weighted by Crippen LogP contribution is 2.23. The van der Waals surface area contributed by atoms with Crippen molar-refractivity contribution in [1.29, 1.82) is 0 Å². The predicted molar refractivity (Wildman–Crippen MR) is 155 cm³/mol. The molecule has 0 radical (unpaired) electrons. The quantitative estimate of drug-likeness (QED) is 0.277. The Hall–Kier alpha value is -2.83. The molecule has 3 aromatic rings. The molecule has 200 valence electrons. The molecule has 5 nitrogen and oxygen atoms in total. The van der Waals surface area contributed by atoms with E-state index in [1.807, 2.05) is 73.7 Å². The molecule has 0 saturated heterocycles. The first-order valence-corrected chi connectivity index (χ1v) is 14.3. The van der Waals surface area contributed by atoms with Crippen LogP contribution in [0.25, 0.3) is 0 Å². The van der Waals surface area contributed by atoms with E-state index < -0.39 is 6.04 Å². The van der Waals surface area contributed by atoms with E-state index in [1.54, 1.807) is 11.0 Å². The summed E-state index contributed by atoms with van der Waals surface area (Å²) in [5.41, 5.74) is 2.86. The lowest BCUT2D eigenvalue weighted by Crippen LogP contribution is -2.53. The Kier molecular flexibility index (Phi) is 10.2. The third-order valence-electron chi connectivity index (χ3n) is 6.96. The Bertz CT molecular complexity index is 1230. The van der Waals surface area contributed by atoms with Crippen LogP contribution >= 0.6 is 27.5 Å². The van der Waals surface area contributed by atoms with Gasteiger partial charge in [0, 0.05) is 28.5 Å². The molecule has 0 aliphatic heterocycles. The average molecular weight is 598 g/mol. The molecule has 1 N–H and O–H groups in total. The fraction of sp³-hybridized carbons (Fsp3) is 0.355. The minimum absolute atomic E-state index is 0.129. The number of amides is 2. The van der Waals surface area contributed by atoms with Crippen molar-refractivity contribution in [3.63, 3.8) is 0 Å². The Morgan fingerprint density at radius 1 is 1.00 bits per heavy atom. The maximum atomic E-state index is 13.8. The second kappa shape index (κ2) is 13.8. The van der Waals surface area contributed by atoms with Crippen LogP contribution in [0.3, 0.4) is 0 Å². The van der Waals surface area contributed by atoms with Crippen LogP contribution in [0.5, 0.6) is 5.75 Å². The monoisotopic (exact) mass is 596 g/mol. The first kappa shape index (κ1) is 28.2. The van der Waals surface area contributed by atoms with E-state index in [0.717, 1.165) is 46.8 Å². The van der Waals surface area contributed by atoms with E-state index in [0.29, 0.717) is 17.2 Å². The summed E-state index contributed by atoms with van der Waals surface area (Å²) < 4.78 is 6.88. The predicted octanol–water partition coefficient (Wildman–Crippen LogP) is 6.88. The molecule has 0 unspecified atom stereocenters. The molecule has 2 amide bonds. The van der Waals surface area contributed by atoms with Crippen molar-refractivity contribution in [3.05, 3.63) is 99.0 Å². The van der Waals surface area contributed by atoms with E-state index >= 15 is 0 Å². The molecule has 7 heteroatoms. The van der Waals surface area contributed by atoms with Crippen molar-refractivity contribution in [2.75, 3.05) is 6.61 Å². The van der Waals surface area contributed by atoms with Gasteiger partial charge in [0.2, 0.25) is 5.91 Å². The summed E-state index contributed by atoms with van der Waals surface area (Å²) in [7, 11) is 0. The number of nitrogens with one attached hydrogen (secondary N) is 1. The molecule has 0 spiro atoms. The summed E-state index contributed by atoms with van der Waals surface area (Å²) in [4.78, 5) is 29.2. The van der Waals surface area contributed by atoms with Crippen LogP contribution < -0.4 is 10.1 Å². The van der Waals surface area contributed by atoms with E-state index in [1.165, 1.54) is 6.42 Å². The van der Waals surface area contributed by atoms with Crippen LogP contribution in [0.1, 0.15) is 48.8 Å². The molecular formula is C31H34BrClN2O3. The van der Waals surface area contributed by atoms with Gasteiger partial charge >= 0.3 is 0 Å². The van der Waals surface area contributed by atoms with Crippen LogP contribution in [0.15, 0.2) is 77.3 Å². The van der Waals surface area contributed by atoms with Gasteiger partial charge in [0.05, 0.1) is 0 Å². The maximum absolute atomic E-state index is 13.8. The molecule has 1 fully saturated rings. The fourth-order valence-electron chi connectivity index (χ4n) is 4.87. The van der Waals surface area contributed by atoms with Crippen molar-refractivity contribution in [3.8, 4) is 5.75 Å². The molecule has 1 atom stereocenters.